The molecule has 0 saturated carbocycles. The second kappa shape index (κ2) is 5.40. The highest BCUT2D eigenvalue weighted by molar-refractivity contribution is 5.96. The highest BCUT2D eigenvalue weighted by atomic mass is 19.4. The number of halogens is 3. The van der Waals surface area contributed by atoms with E-state index in [1.165, 1.54) is 6.92 Å². The Hall–Kier alpha value is -2.31. The zero-order chi connectivity index (χ0) is 16.8. The summed E-state index contributed by atoms with van der Waals surface area (Å²) >= 11 is 0. The number of benzene rings is 1. The molecule has 0 saturated heterocycles. The Kier molecular flexibility index (Phi) is 3.66. The number of aromatic nitrogens is 2. The fraction of sp³-hybridized carbons (Fsp3) is 0.375. The van der Waals surface area contributed by atoms with E-state index < -0.39 is 11.9 Å². The maximum atomic E-state index is 12.7. The van der Waals surface area contributed by atoms with Gasteiger partial charge in [-0.25, -0.2) is 0 Å². The molecule has 1 aliphatic heterocycles. The molecule has 1 aromatic carbocycles. The molecule has 0 aliphatic carbocycles. The lowest BCUT2D eigenvalue weighted by molar-refractivity contribution is -0.141. The summed E-state index contributed by atoms with van der Waals surface area (Å²) in [7, 11) is 0. The van der Waals surface area contributed by atoms with E-state index in [0.717, 1.165) is 28.4 Å². The summed E-state index contributed by atoms with van der Waals surface area (Å²) in [5.41, 5.74) is 1.23. The number of carbonyl (C=O) groups is 1. The summed E-state index contributed by atoms with van der Waals surface area (Å²) in [6.45, 7) is 3.23. The second-order valence-electron chi connectivity index (χ2n) is 5.77. The molecule has 4 nitrogen and oxygen atoms in total. The van der Waals surface area contributed by atoms with Crippen molar-refractivity contribution in [1.29, 1.82) is 0 Å². The van der Waals surface area contributed by atoms with Gasteiger partial charge in [0, 0.05) is 17.4 Å². The number of para-hydroxylation sites is 1. The standard InChI is InChI=1S/C16H16F3N3O/c1-10-8-14(16(17,18)19)20-21(10)9-15(23)22-11(2)7-12-5-3-4-6-13(12)22/h3-6,8,11H,7,9H2,1-2H3. The number of carbonyl (C=O) groups excluding carboxylic acids is 1. The molecule has 122 valence electrons. The van der Waals surface area contributed by atoms with E-state index in [1.54, 1.807) is 4.90 Å². The van der Waals surface area contributed by atoms with E-state index in [4.69, 9.17) is 0 Å². The van der Waals surface area contributed by atoms with Crippen molar-refractivity contribution in [2.24, 2.45) is 0 Å². The molecule has 0 radical (unpaired) electrons. The van der Waals surface area contributed by atoms with Crippen LogP contribution in [0.4, 0.5) is 18.9 Å². The molecule has 0 bridgehead atoms. The van der Waals surface area contributed by atoms with Crippen LogP contribution in [0.25, 0.3) is 0 Å². The molecule has 0 fully saturated rings. The minimum atomic E-state index is -4.51. The van der Waals surface area contributed by atoms with E-state index in [-0.39, 0.29) is 18.5 Å². The van der Waals surface area contributed by atoms with Crippen LogP contribution in [0.2, 0.25) is 0 Å². The van der Waals surface area contributed by atoms with Gasteiger partial charge in [0.1, 0.15) is 6.54 Å². The monoisotopic (exact) mass is 323 g/mol. The molecule has 2 heterocycles. The van der Waals surface area contributed by atoms with Crippen LogP contribution in [0, 0.1) is 6.92 Å². The van der Waals surface area contributed by atoms with E-state index in [9.17, 15) is 18.0 Å². The molecule has 1 aliphatic rings. The minimum Gasteiger partial charge on any atom is -0.307 e. The highest BCUT2D eigenvalue weighted by Gasteiger charge is 2.35. The van der Waals surface area contributed by atoms with Crippen molar-refractivity contribution in [2.75, 3.05) is 4.90 Å². The zero-order valence-corrected chi connectivity index (χ0v) is 12.8. The van der Waals surface area contributed by atoms with Gasteiger partial charge in [-0.1, -0.05) is 18.2 Å². The van der Waals surface area contributed by atoms with Gasteiger partial charge in [0.15, 0.2) is 5.69 Å². The SMILES string of the molecule is Cc1cc(C(F)(F)F)nn1CC(=O)N1c2ccccc2CC1C. The molecule has 1 aromatic heterocycles. The molecule has 1 unspecified atom stereocenters. The fourth-order valence-corrected chi connectivity index (χ4v) is 2.96. The molecule has 1 atom stereocenters. The maximum Gasteiger partial charge on any atom is 0.435 e. The van der Waals surface area contributed by atoms with Crippen molar-refractivity contribution in [3.05, 3.63) is 47.3 Å². The van der Waals surface area contributed by atoms with Crippen molar-refractivity contribution in [2.45, 2.75) is 39.0 Å². The summed E-state index contributed by atoms with van der Waals surface area (Å²) < 4.78 is 39.2. The van der Waals surface area contributed by atoms with Gasteiger partial charge >= 0.3 is 6.18 Å². The number of alkyl halides is 3. The number of rotatable bonds is 2. The smallest absolute Gasteiger partial charge is 0.307 e. The van der Waals surface area contributed by atoms with Crippen LogP contribution in [0.1, 0.15) is 23.9 Å². The number of anilines is 1. The van der Waals surface area contributed by atoms with Crippen LogP contribution in [-0.2, 0) is 23.9 Å². The summed E-state index contributed by atoms with van der Waals surface area (Å²) in [5, 5.41) is 3.52. The molecule has 1 amide bonds. The fourth-order valence-electron chi connectivity index (χ4n) is 2.96. The van der Waals surface area contributed by atoms with Gasteiger partial charge in [-0.05, 0) is 38.0 Å². The molecule has 3 rings (SSSR count). The van der Waals surface area contributed by atoms with E-state index in [1.807, 2.05) is 31.2 Å². The van der Waals surface area contributed by atoms with E-state index in [0.29, 0.717) is 5.69 Å². The molecule has 23 heavy (non-hydrogen) atoms. The van der Waals surface area contributed by atoms with Crippen molar-refractivity contribution >= 4 is 11.6 Å². The number of hydrogen-bond acceptors (Lipinski definition) is 2. The Morgan fingerprint density at radius 3 is 2.70 bits per heavy atom. The van der Waals surface area contributed by atoms with Crippen LogP contribution in [0.5, 0.6) is 0 Å². The summed E-state index contributed by atoms with van der Waals surface area (Å²) in [5.74, 6) is -0.262. The van der Waals surface area contributed by atoms with Gasteiger partial charge in [0.05, 0.1) is 0 Å². The number of amides is 1. The second-order valence-corrected chi connectivity index (χ2v) is 5.77. The van der Waals surface area contributed by atoms with Crippen LogP contribution in [0.15, 0.2) is 30.3 Å². The Morgan fingerprint density at radius 1 is 1.35 bits per heavy atom. The number of nitrogens with zero attached hydrogens (tertiary/aromatic N) is 3. The van der Waals surface area contributed by atoms with Crippen LogP contribution < -0.4 is 4.90 Å². The Morgan fingerprint density at radius 2 is 2.04 bits per heavy atom. The average molecular weight is 323 g/mol. The lowest BCUT2D eigenvalue weighted by atomic mass is 10.1. The van der Waals surface area contributed by atoms with Gasteiger partial charge in [0.2, 0.25) is 5.91 Å². The van der Waals surface area contributed by atoms with Gasteiger partial charge in [-0.2, -0.15) is 18.3 Å². The number of fused-ring (bicyclic) bond motifs is 1. The van der Waals surface area contributed by atoms with E-state index >= 15 is 0 Å². The molecular weight excluding hydrogens is 307 g/mol. The van der Waals surface area contributed by atoms with Gasteiger partial charge in [0.25, 0.3) is 0 Å². The first-order valence-electron chi connectivity index (χ1n) is 7.29. The Balaban J connectivity index is 1.84. The predicted molar refractivity (Wildman–Crippen MR) is 79.1 cm³/mol. The highest BCUT2D eigenvalue weighted by Crippen LogP contribution is 2.32. The summed E-state index contributed by atoms with van der Waals surface area (Å²) in [4.78, 5) is 14.2. The largest absolute Gasteiger partial charge is 0.435 e. The maximum absolute atomic E-state index is 12.7. The number of hydrogen-bond donors (Lipinski definition) is 0. The lowest BCUT2D eigenvalue weighted by Crippen LogP contribution is -2.38. The molecule has 0 N–H and O–H groups in total. The quantitative estimate of drug-likeness (QED) is 0.851. The molecule has 7 heteroatoms. The molecule has 0 spiro atoms. The van der Waals surface area contributed by atoms with Crippen LogP contribution in [-0.4, -0.2) is 21.7 Å². The Labute approximate surface area is 131 Å². The molecular formula is C16H16F3N3O. The first kappa shape index (κ1) is 15.6. The van der Waals surface area contributed by atoms with E-state index in [2.05, 4.69) is 5.10 Å². The van der Waals surface area contributed by atoms with Crippen molar-refractivity contribution < 1.29 is 18.0 Å². The predicted octanol–water partition coefficient (Wildman–Crippen LogP) is 3.19. The van der Waals surface area contributed by atoms with Crippen molar-refractivity contribution in [1.82, 2.24) is 9.78 Å². The minimum absolute atomic E-state index is 0.0159. The third-order valence-electron chi connectivity index (χ3n) is 4.03. The Bertz CT molecular complexity index is 751. The van der Waals surface area contributed by atoms with Crippen LogP contribution >= 0.6 is 0 Å². The third-order valence-corrected chi connectivity index (χ3v) is 4.03. The zero-order valence-electron chi connectivity index (χ0n) is 12.8. The average Bonchev–Trinajstić information content (AvgIpc) is 2.98. The van der Waals surface area contributed by atoms with Crippen molar-refractivity contribution in [3.63, 3.8) is 0 Å². The van der Waals surface area contributed by atoms with Gasteiger partial charge in [-0.15, -0.1) is 0 Å². The van der Waals surface area contributed by atoms with Gasteiger partial charge < -0.3 is 4.90 Å². The first-order chi connectivity index (χ1) is 10.8. The van der Waals surface area contributed by atoms with Crippen LogP contribution in [0.3, 0.4) is 0 Å². The summed E-state index contributed by atoms with van der Waals surface area (Å²) in [6.07, 6.45) is -3.76. The number of aryl methyl sites for hydroxylation is 1. The third kappa shape index (κ3) is 2.83. The topological polar surface area (TPSA) is 38.1 Å². The molecule has 2 aromatic rings. The van der Waals surface area contributed by atoms with Crippen molar-refractivity contribution in [3.8, 4) is 0 Å². The summed E-state index contributed by atoms with van der Waals surface area (Å²) in [6, 6.07) is 8.51. The first-order valence-corrected chi connectivity index (χ1v) is 7.29. The lowest BCUT2D eigenvalue weighted by Gasteiger charge is -2.23. The van der Waals surface area contributed by atoms with Gasteiger partial charge in [-0.3, -0.25) is 9.48 Å². The normalized spacial score (nSPS) is 17.4.